The Labute approximate surface area is 177 Å². The van der Waals surface area contributed by atoms with Crippen molar-refractivity contribution in [2.75, 3.05) is 12.0 Å². The predicted molar refractivity (Wildman–Crippen MR) is 114 cm³/mol. The molecule has 0 bridgehead atoms. The number of thiazole rings is 1. The minimum absolute atomic E-state index is 0.0379. The molecular weight excluding hydrogens is 456 g/mol. The van der Waals surface area contributed by atoms with Gasteiger partial charge in [0.05, 0.1) is 24.1 Å². The van der Waals surface area contributed by atoms with Gasteiger partial charge in [0, 0.05) is 22.1 Å². The molecule has 6 nitrogen and oxygen atoms in total. The first-order chi connectivity index (χ1) is 14.1. The van der Waals surface area contributed by atoms with E-state index in [9.17, 15) is 9.59 Å². The number of fused-ring (bicyclic) bond motifs is 2. The largest absolute Gasteiger partial charge is 0.497 e. The van der Waals surface area contributed by atoms with E-state index < -0.39 is 6.04 Å². The maximum atomic E-state index is 13.4. The van der Waals surface area contributed by atoms with Crippen LogP contribution in [-0.2, 0) is 0 Å². The molecule has 4 aromatic rings. The van der Waals surface area contributed by atoms with Gasteiger partial charge in [-0.25, -0.2) is 4.98 Å². The second kappa shape index (κ2) is 6.82. The lowest BCUT2D eigenvalue weighted by atomic mass is 9.99. The number of carbonyl (C=O) groups excluding carboxylic acids is 1. The van der Waals surface area contributed by atoms with Crippen molar-refractivity contribution in [1.82, 2.24) is 4.98 Å². The molecule has 0 saturated heterocycles. The van der Waals surface area contributed by atoms with E-state index in [-0.39, 0.29) is 17.1 Å². The number of hydrogen-bond donors (Lipinski definition) is 0. The van der Waals surface area contributed by atoms with Crippen LogP contribution in [0.1, 0.15) is 27.7 Å². The summed E-state index contributed by atoms with van der Waals surface area (Å²) in [4.78, 5) is 32.6. The van der Waals surface area contributed by atoms with Gasteiger partial charge < -0.3 is 9.15 Å². The van der Waals surface area contributed by atoms with Crippen LogP contribution in [0, 0.1) is 0 Å². The highest BCUT2D eigenvalue weighted by Gasteiger charge is 2.44. The monoisotopic (exact) mass is 468 g/mol. The zero-order chi connectivity index (χ0) is 20.1. The average molecular weight is 469 g/mol. The normalized spacial score (nSPS) is 15.7. The molecule has 0 spiro atoms. The molecule has 1 unspecified atom stereocenters. The molecule has 1 amide bonds. The second-order valence-corrected chi connectivity index (χ2v) is 8.27. The van der Waals surface area contributed by atoms with E-state index >= 15 is 0 Å². The first kappa shape index (κ1) is 18.1. The molecule has 1 atom stereocenters. The van der Waals surface area contributed by atoms with Gasteiger partial charge >= 0.3 is 0 Å². The van der Waals surface area contributed by atoms with E-state index in [0.29, 0.717) is 27.4 Å². The molecule has 0 N–H and O–H groups in total. The number of aromatic nitrogens is 1. The van der Waals surface area contributed by atoms with Gasteiger partial charge in [0.25, 0.3) is 5.91 Å². The first-order valence-corrected chi connectivity index (χ1v) is 10.4. The smallest absolute Gasteiger partial charge is 0.297 e. The van der Waals surface area contributed by atoms with Crippen LogP contribution >= 0.6 is 27.3 Å². The van der Waals surface area contributed by atoms with Crippen LogP contribution < -0.4 is 15.1 Å². The van der Waals surface area contributed by atoms with Crippen molar-refractivity contribution in [3.05, 3.63) is 85.6 Å². The lowest BCUT2D eigenvalue weighted by Gasteiger charge is -2.22. The Hall–Kier alpha value is -2.97. The zero-order valence-corrected chi connectivity index (χ0v) is 17.5. The van der Waals surface area contributed by atoms with Crippen molar-refractivity contribution in [3.8, 4) is 5.75 Å². The van der Waals surface area contributed by atoms with Crippen LogP contribution in [0.2, 0.25) is 0 Å². The van der Waals surface area contributed by atoms with E-state index in [1.807, 2.05) is 24.3 Å². The van der Waals surface area contributed by atoms with Crippen molar-refractivity contribution in [2.45, 2.75) is 6.04 Å². The van der Waals surface area contributed by atoms with Crippen LogP contribution in [0.25, 0.3) is 11.0 Å². The highest BCUT2D eigenvalue weighted by atomic mass is 79.9. The SMILES string of the molecule is COc1ccc2c(=O)c3c(oc2c1)C(=O)N(c1nccs1)C3c1cccc(Br)c1. The molecule has 29 heavy (non-hydrogen) atoms. The van der Waals surface area contributed by atoms with Gasteiger partial charge in [-0.05, 0) is 29.8 Å². The number of rotatable bonds is 3. The van der Waals surface area contributed by atoms with E-state index in [2.05, 4.69) is 20.9 Å². The number of methoxy groups -OCH3 is 1. The maximum absolute atomic E-state index is 13.4. The van der Waals surface area contributed by atoms with Gasteiger partial charge in [-0.2, -0.15) is 0 Å². The summed E-state index contributed by atoms with van der Waals surface area (Å²) in [5, 5.41) is 2.70. The Morgan fingerprint density at radius 2 is 2.07 bits per heavy atom. The summed E-state index contributed by atoms with van der Waals surface area (Å²) in [5.74, 6) is 0.198. The van der Waals surface area contributed by atoms with Crippen molar-refractivity contribution >= 4 is 49.3 Å². The Bertz CT molecular complexity index is 1320. The number of nitrogens with zero attached hydrogens (tertiary/aromatic N) is 2. The van der Waals surface area contributed by atoms with E-state index in [0.717, 1.165) is 10.0 Å². The van der Waals surface area contributed by atoms with E-state index in [1.54, 1.807) is 29.8 Å². The number of benzene rings is 2. The summed E-state index contributed by atoms with van der Waals surface area (Å²) < 4.78 is 12.0. The molecule has 144 valence electrons. The molecule has 0 aliphatic carbocycles. The molecule has 2 aromatic heterocycles. The number of amides is 1. The van der Waals surface area contributed by atoms with Gasteiger partial charge in [0.1, 0.15) is 11.3 Å². The third-order valence-electron chi connectivity index (χ3n) is 4.87. The van der Waals surface area contributed by atoms with Crippen LogP contribution in [-0.4, -0.2) is 18.0 Å². The Morgan fingerprint density at radius 3 is 2.79 bits per heavy atom. The van der Waals surface area contributed by atoms with Crippen molar-refractivity contribution in [3.63, 3.8) is 0 Å². The highest BCUT2D eigenvalue weighted by Crippen LogP contribution is 2.42. The molecule has 0 fully saturated rings. The number of anilines is 1. The molecule has 8 heteroatoms. The molecule has 0 radical (unpaired) electrons. The Morgan fingerprint density at radius 1 is 1.21 bits per heavy atom. The fraction of sp³-hybridized carbons (Fsp3) is 0.0952. The molecular formula is C21H13BrN2O4S. The quantitative estimate of drug-likeness (QED) is 0.432. The standard InChI is InChI=1S/C21H13BrN2O4S/c1-27-13-5-6-14-15(10-13)28-19-16(18(14)25)17(11-3-2-4-12(22)9-11)24(20(19)26)21-23-7-8-29-21/h2-10,17H,1H3. The Balaban J connectivity index is 1.82. The number of ether oxygens (including phenoxy) is 1. The van der Waals surface area contributed by atoms with Crippen molar-refractivity contribution in [1.29, 1.82) is 0 Å². The van der Waals surface area contributed by atoms with Crippen LogP contribution in [0.5, 0.6) is 5.75 Å². The number of halogens is 1. The van der Waals surface area contributed by atoms with Crippen molar-refractivity contribution in [2.24, 2.45) is 0 Å². The molecule has 5 rings (SSSR count). The summed E-state index contributed by atoms with van der Waals surface area (Å²) in [6.07, 6.45) is 1.63. The Kier molecular flexibility index (Phi) is 4.25. The van der Waals surface area contributed by atoms with Crippen LogP contribution in [0.3, 0.4) is 0 Å². The number of hydrogen-bond acceptors (Lipinski definition) is 6. The summed E-state index contributed by atoms with van der Waals surface area (Å²) in [5.41, 5.74) is 1.19. The molecule has 0 saturated carbocycles. The summed E-state index contributed by atoms with van der Waals surface area (Å²) in [6.45, 7) is 0. The lowest BCUT2D eigenvalue weighted by Crippen LogP contribution is -2.29. The molecule has 1 aliphatic heterocycles. The van der Waals surface area contributed by atoms with Gasteiger partial charge in [-0.1, -0.05) is 28.1 Å². The lowest BCUT2D eigenvalue weighted by molar-refractivity contribution is 0.0971. The van der Waals surface area contributed by atoms with Gasteiger partial charge in [-0.15, -0.1) is 11.3 Å². The van der Waals surface area contributed by atoms with E-state index in [4.69, 9.17) is 9.15 Å². The maximum Gasteiger partial charge on any atom is 0.297 e. The van der Waals surface area contributed by atoms with Crippen LogP contribution in [0.4, 0.5) is 5.13 Å². The van der Waals surface area contributed by atoms with Crippen LogP contribution in [0.15, 0.2) is 67.7 Å². The number of carbonyl (C=O) groups is 1. The summed E-state index contributed by atoms with van der Waals surface area (Å²) in [7, 11) is 1.53. The second-order valence-electron chi connectivity index (χ2n) is 6.48. The molecule has 2 aromatic carbocycles. The highest BCUT2D eigenvalue weighted by molar-refractivity contribution is 9.10. The summed E-state index contributed by atoms with van der Waals surface area (Å²) in [6, 6.07) is 11.9. The third kappa shape index (κ3) is 2.79. The topological polar surface area (TPSA) is 72.6 Å². The van der Waals surface area contributed by atoms with Gasteiger partial charge in [0.15, 0.2) is 10.6 Å². The molecule has 3 heterocycles. The van der Waals surface area contributed by atoms with Crippen molar-refractivity contribution < 1.29 is 13.9 Å². The fourth-order valence-electron chi connectivity index (χ4n) is 3.60. The predicted octanol–water partition coefficient (Wildman–Crippen LogP) is 4.77. The minimum atomic E-state index is -0.621. The zero-order valence-electron chi connectivity index (χ0n) is 15.1. The third-order valence-corrected chi connectivity index (χ3v) is 6.13. The first-order valence-electron chi connectivity index (χ1n) is 8.71. The van der Waals surface area contributed by atoms with Gasteiger partial charge in [0.2, 0.25) is 5.76 Å². The average Bonchev–Trinajstić information content (AvgIpc) is 3.34. The minimum Gasteiger partial charge on any atom is -0.497 e. The van der Waals surface area contributed by atoms with E-state index in [1.165, 1.54) is 23.3 Å². The van der Waals surface area contributed by atoms with Gasteiger partial charge in [-0.3, -0.25) is 14.5 Å². The summed E-state index contributed by atoms with van der Waals surface area (Å²) >= 11 is 4.81. The molecule has 1 aliphatic rings. The fourth-order valence-corrected chi connectivity index (χ4v) is 4.69.